The molecule has 3 rings (SSSR count). The molecule has 0 spiro atoms. The van der Waals surface area contributed by atoms with E-state index in [9.17, 15) is 14.4 Å². The SMILES string of the molecule is CCOC(CC)(OCC)c1c(-c2cccs2)sc(-c2cccs2)c1P(=O)(O)O. The maximum atomic E-state index is 12.7. The molecule has 0 aromatic carbocycles. The lowest BCUT2D eigenvalue weighted by Gasteiger charge is -2.34. The second-order valence-corrected chi connectivity index (χ2v) is 10.4. The Balaban J connectivity index is 2.43. The molecule has 9 heteroatoms. The average molecular weight is 459 g/mol. The third-order valence-electron chi connectivity index (χ3n) is 4.27. The highest BCUT2D eigenvalue weighted by Crippen LogP contribution is 2.53. The van der Waals surface area contributed by atoms with Gasteiger partial charge in [0.25, 0.3) is 0 Å². The Morgan fingerprint density at radius 3 is 1.89 bits per heavy atom. The van der Waals surface area contributed by atoms with E-state index in [1.165, 1.54) is 34.0 Å². The van der Waals surface area contributed by atoms with Crippen molar-refractivity contribution in [2.45, 2.75) is 33.0 Å². The fraction of sp³-hybridized carbons (Fsp3) is 0.368. The molecule has 5 nitrogen and oxygen atoms in total. The maximum absolute atomic E-state index is 12.7. The molecule has 28 heavy (non-hydrogen) atoms. The van der Waals surface area contributed by atoms with Crippen LogP contribution in [0, 0.1) is 0 Å². The monoisotopic (exact) mass is 458 g/mol. The van der Waals surface area contributed by atoms with Crippen LogP contribution in [0.3, 0.4) is 0 Å². The molecule has 0 aliphatic carbocycles. The van der Waals surface area contributed by atoms with Crippen molar-refractivity contribution in [3.05, 3.63) is 40.6 Å². The molecule has 0 saturated heterocycles. The molecule has 0 fully saturated rings. The quantitative estimate of drug-likeness (QED) is 0.320. The van der Waals surface area contributed by atoms with Crippen molar-refractivity contribution in [3.8, 4) is 19.5 Å². The molecule has 0 aliphatic rings. The number of thiophene rings is 3. The van der Waals surface area contributed by atoms with Crippen LogP contribution < -0.4 is 5.30 Å². The Hall–Kier alpha value is -0.830. The van der Waals surface area contributed by atoms with Gasteiger partial charge in [0.2, 0.25) is 0 Å². The summed E-state index contributed by atoms with van der Waals surface area (Å²) in [7, 11) is -4.61. The van der Waals surface area contributed by atoms with Crippen LogP contribution in [-0.4, -0.2) is 23.0 Å². The van der Waals surface area contributed by atoms with Crippen molar-refractivity contribution in [1.82, 2.24) is 0 Å². The van der Waals surface area contributed by atoms with Crippen molar-refractivity contribution >= 4 is 46.9 Å². The Morgan fingerprint density at radius 2 is 1.50 bits per heavy atom. The summed E-state index contributed by atoms with van der Waals surface area (Å²) >= 11 is 4.38. The highest BCUT2D eigenvalue weighted by Gasteiger charge is 2.44. The van der Waals surface area contributed by atoms with Crippen LogP contribution in [0.4, 0.5) is 0 Å². The first-order valence-electron chi connectivity index (χ1n) is 8.97. The number of hydrogen-bond donors (Lipinski definition) is 2. The zero-order valence-electron chi connectivity index (χ0n) is 15.9. The van der Waals surface area contributed by atoms with E-state index in [4.69, 9.17) is 9.47 Å². The minimum Gasteiger partial charge on any atom is -0.346 e. The summed E-state index contributed by atoms with van der Waals surface area (Å²) in [5.74, 6) is -1.22. The number of rotatable bonds is 9. The summed E-state index contributed by atoms with van der Waals surface area (Å²) in [6, 6.07) is 7.65. The van der Waals surface area contributed by atoms with Gasteiger partial charge in [0.1, 0.15) is 0 Å². The topological polar surface area (TPSA) is 76.0 Å². The first kappa shape index (κ1) is 21.9. The summed E-state index contributed by atoms with van der Waals surface area (Å²) in [4.78, 5) is 23.9. The Bertz CT molecular complexity index is 935. The molecule has 0 saturated carbocycles. The van der Waals surface area contributed by atoms with Crippen molar-refractivity contribution < 1.29 is 23.8 Å². The lowest BCUT2D eigenvalue weighted by atomic mass is 10.0. The molecule has 0 amide bonds. The Morgan fingerprint density at radius 1 is 0.964 bits per heavy atom. The van der Waals surface area contributed by atoms with Crippen LogP contribution in [0.1, 0.15) is 32.8 Å². The molecule has 0 bridgehead atoms. The minimum atomic E-state index is -4.61. The number of hydrogen-bond acceptors (Lipinski definition) is 6. The van der Waals surface area contributed by atoms with Gasteiger partial charge in [-0.05, 0) is 36.7 Å². The van der Waals surface area contributed by atoms with Gasteiger partial charge in [-0.2, -0.15) is 0 Å². The fourth-order valence-corrected chi connectivity index (χ4v) is 7.82. The van der Waals surface area contributed by atoms with E-state index < -0.39 is 13.4 Å². The van der Waals surface area contributed by atoms with E-state index in [1.807, 2.05) is 55.8 Å². The maximum Gasteiger partial charge on any atom is 0.358 e. The third-order valence-corrected chi connectivity index (χ3v) is 8.74. The van der Waals surface area contributed by atoms with Gasteiger partial charge in [-0.15, -0.1) is 34.0 Å². The zero-order valence-corrected chi connectivity index (χ0v) is 19.2. The standard InChI is InChI=1S/C19H23O5PS3/c1-4-19(23-5-2,24-6-3)15-16(25(20,21)22)18(14-10-8-12-27-14)28-17(15)13-9-7-11-26-13/h7-12H,4-6H2,1-3H3,(H2,20,21,22). The molecule has 0 aliphatic heterocycles. The summed E-state index contributed by atoms with van der Waals surface area (Å²) in [5.41, 5.74) is 0.461. The van der Waals surface area contributed by atoms with Crippen molar-refractivity contribution in [2.75, 3.05) is 13.2 Å². The van der Waals surface area contributed by atoms with Gasteiger partial charge in [0.15, 0.2) is 5.79 Å². The second-order valence-electron chi connectivity index (χ2n) is 5.96. The fourth-order valence-electron chi connectivity index (χ4n) is 3.24. The summed E-state index contributed by atoms with van der Waals surface area (Å²) < 4.78 is 24.8. The largest absolute Gasteiger partial charge is 0.358 e. The lowest BCUT2D eigenvalue weighted by molar-refractivity contribution is -0.243. The van der Waals surface area contributed by atoms with Gasteiger partial charge >= 0.3 is 7.60 Å². The van der Waals surface area contributed by atoms with Gasteiger partial charge in [-0.25, -0.2) is 0 Å². The average Bonchev–Trinajstić information content (AvgIpc) is 3.39. The van der Waals surface area contributed by atoms with E-state index in [2.05, 4.69) is 0 Å². The second kappa shape index (κ2) is 8.90. The molecule has 3 aromatic heterocycles. The van der Waals surface area contributed by atoms with E-state index >= 15 is 0 Å². The molecule has 0 radical (unpaired) electrons. The van der Waals surface area contributed by atoms with E-state index in [0.29, 0.717) is 30.1 Å². The first-order valence-corrected chi connectivity index (χ1v) is 13.2. The third kappa shape index (κ3) is 4.06. The normalized spacial score (nSPS) is 12.6. The Labute approximate surface area is 176 Å². The Kier molecular flexibility index (Phi) is 6.95. The lowest BCUT2D eigenvalue weighted by Crippen LogP contribution is -2.37. The van der Waals surface area contributed by atoms with Crippen LogP contribution in [0.5, 0.6) is 0 Å². The van der Waals surface area contributed by atoms with Gasteiger partial charge in [-0.3, -0.25) is 4.57 Å². The highest BCUT2D eigenvalue weighted by atomic mass is 32.1. The molecule has 0 atom stereocenters. The smallest absolute Gasteiger partial charge is 0.346 e. The van der Waals surface area contributed by atoms with Crippen LogP contribution in [0.25, 0.3) is 19.5 Å². The van der Waals surface area contributed by atoms with Gasteiger partial charge in [0, 0.05) is 35.0 Å². The molecule has 152 valence electrons. The van der Waals surface area contributed by atoms with Crippen molar-refractivity contribution in [2.24, 2.45) is 0 Å². The summed E-state index contributed by atoms with van der Waals surface area (Å²) in [6.07, 6.45) is 0.431. The molecular weight excluding hydrogens is 435 g/mol. The van der Waals surface area contributed by atoms with Crippen molar-refractivity contribution in [1.29, 1.82) is 0 Å². The highest BCUT2D eigenvalue weighted by molar-refractivity contribution is 7.61. The molecule has 2 N–H and O–H groups in total. The molecule has 0 unspecified atom stereocenters. The minimum absolute atomic E-state index is 0.0205. The predicted molar refractivity (Wildman–Crippen MR) is 118 cm³/mol. The first-order chi connectivity index (χ1) is 13.4. The van der Waals surface area contributed by atoms with Crippen molar-refractivity contribution in [3.63, 3.8) is 0 Å². The zero-order chi connectivity index (χ0) is 20.4. The van der Waals surface area contributed by atoms with E-state index in [0.717, 1.165) is 14.6 Å². The summed E-state index contributed by atoms with van der Waals surface area (Å²) in [5, 5.41) is 3.88. The van der Waals surface area contributed by atoms with Crippen LogP contribution >= 0.6 is 41.6 Å². The number of ether oxygens (including phenoxy) is 2. The van der Waals surface area contributed by atoms with Gasteiger partial charge in [-0.1, -0.05) is 19.1 Å². The predicted octanol–water partition coefficient (Wildman–Crippen LogP) is 5.64. The molecule has 3 aromatic rings. The van der Waals surface area contributed by atoms with Gasteiger partial charge in [0.05, 0.1) is 15.1 Å². The van der Waals surface area contributed by atoms with Crippen LogP contribution in [0.15, 0.2) is 35.0 Å². The van der Waals surface area contributed by atoms with E-state index in [-0.39, 0.29) is 5.30 Å². The van der Waals surface area contributed by atoms with Crippen LogP contribution in [-0.2, 0) is 19.8 Å². The van der Waals surface area contributed by atoms with Gasteiger partial charge < -0.3 is 19.3 Å². The molecular formula is C19H23O5PS3. The summed E-state index contributed by atoms with van der Waals surface area (Å²) in [6.45, 7) is 6.36. The molecule has 3 heterocycles. The van der Waals surface area contributed by atoms with Crippen LogP contribution in [0.2, 0.25) is 0 Å². The van der Waals surface area contributed by atoms with E-state index in [1.54, 1.807) is 0 Å².